The van der Waals surface area contributed by atoms with Gasteiger partial charge in [0.1, 0.15) is 5.76 Å². The fourth-order valence-electron chi connectivity index (χ4n) is 4.83. The van der Waals surface area contributed by atoms with Gasteiger partial charge in [-0.2, -0.15) is 0 Å². The summed E-state index contributed by atoms with van der Waals surface area (Å²) < 4.78 is 0. The molecule has 192 valence electrons. The summed E-state index contributed by atoms with van der Waals surface area (Å²) in [6, 6.07) is 20.2. The molecule has 1 aliphatic rings. The van der Waals surface area contributed by atoms with Crippen molar-refractivity contribution in [3.05, 3.63) is 94.6 Å². The number of carbonyl (C=O) groups is 2. The Morgan fingerprint density at radius 1 is 0.838 bits per heavy atom. The first-order valence-electron chi connectivity index (χ1n) is 12.7. The fourth-order valence-corrected chi connectivity index (χ4v) is 4.83. The number of carbonyl (C=O) groups excluding carboxylic acids is 2. The van der Waals surface area contributed by atoms with Crippen LogP contribution < -0.4 is 14.7 Å². The first-order valence-corrected chi connectivity index (χ1v) is 12.7. The average Bonchev–Trinajstić information content (AvgIpc) is 3.16. The lowest BCUT2D eigenvalue weighted by molar-refractivity contribution is -0.132. The van der Waals surface area contributed by atoms with Crippen molar-refractivity contribution in [3.8, 4) is 0 Å². The Kier molecular flexibility index (Phi) is 7.39. The lowest BCUT2D eigenvalue weighted by Gasteiger charge is -2.27. The van der Waals surface area contributed by atoms with Crippen LogP contribution in [0.25, 0.3) is 5.76 Å². The van der Waals surface area contributed by atoms with Crippen molar-refractivity contribution >= 4 is 34.5 Å². The van der Waals surface area contributed by atoms with Gasteiger partial charge in [-0.05, 0) is 86.8 Å². The molecule has 1 fully saturated rings. The van der Waals surface area contributed by atoms with Gasteiger partial charge in [-0.1, -0.05) is 24.3 Å². The molecule has 1 N–H and O–H groups in total. The van der Waals surface area contributed by atoms with Gasteiger partial charge in [0.2, 0.25) is 0 Å². The molecule has 1 aliphatic heterocycles. The molecular formula is C31H35N3O3. The Labute approximate surface area is 219 Å². The standard InChI is InChI=1S/C31H35N3O3/c1-7-33(8-2)25-15-17-26(18-16-25)34-28(22-11-13-24(14-12-22)32(5)6)27(30(36)31(34)37)29(35)23-10-9-20(3)21(4)19-23/h9-19,28,35H,7-8H2,1-6H3/b29-27-. The Morgan fingerprint density at radius 3 is 1.97 bits per heavy atom. The van der Waals surface area contributed by atoms with E-state index in [0.717, 1.165) is 41.2 Å². The van der Waals surface area contributed by atoms with Gasteiger partial charge in [0.05, 0.1) is 11.6 Å². The van der Waals surface area contributed by atoms with Gasteiger partial charge >= 0.3 is 0 Å². The summed E-state index contributed by atoms with van der Waals surface area (Å²) in [5, 5.41) is 11.4. The Bertz CT molecular complexity index is 1340. The third kappa shape index (κ3) is 4.84. The highest BCUT2D eigenvalue weighted by molar-refractivity contribution is 6.51. The number of rotatable bonds is 7. The predicted octanol–water partition coefficient (Wildman–Crippen LogP) is 5.84. The molecule has 6 nitrogen and oxygen atoms in total. The number of anilines is 3. The molecule has 0 spiro atoms. The van der Waals surface area contributed by atoms with E-state index in [0.29, 0.717) is 11.3 Å². The average molecular weight is 498 g/mol. The number of aliphatic hydroxyl groups excluding tert-OH is 1. The van der Waals surface area contributed by atoms with Crippen molar-refractivity contribution in [1.29, 1.82) is 0 Å². The van der Waals surface area contributed by atoms with Crippen LogP contribution in [0.1, 0.15) is 42.1 Å². The Hall–Kier alpha value is -4.06. The van der Waals surface area contributed by atoms with Gasteiger partial charge in [-0.15, -0.1) is 0 Å². The number of aliphatic hydroxyl groups is 1. The predicted molar refractivity (Wildman–Crippen MR) is 151 cm³/mol. The van der Waals surface area contributed by atoms with Crippen LogP contribution in [-0.4, -0.2) is 44.0 Å². The summed E-state index contributed by atoms with van der Waals surface area (Å²) in [4.78, 5) is 32.6. The molecule has 0 bridgehead atoms. The summed E-state index contributed by atoms with van der Waals surface area (Å²) >= 11 is 0. The number of amides is 1. The van der Waals surface area contributed by atoms with E-state index in [1.807, 2.05) is 93.5 Å². The van der Waals surface area contributed by atoms with Gasteiger partial charge in [-0.25, -0.2) is 0 Å². The van der Waals surface area contributed by atoms with Crippen molar-refractivity contribution in [2.24, 2.45) is 0 Å². The minimum atomic E-state index is -0.753. The smallest absolute Gasteiger partial charge is 0.300 e. The van der Waals surface area contributed by atoms with E-state index in [4.69, 9.17) is 0 Å². The highest BCUT2D eigenvalue weighted by Gasteiger charge is 2.47. The highest BCUT2D eigenvalue weighted by atomic mass is 16.3. The molecule has 1 amide bonds. The fraction of sp³-hybridized carbons (Fsp3) is 0.290. The van der Waals surface area contributed by atoms with E-state index in [2.05, 4.69) is 18.7 Å². The Balaban J connectivity index is 1.88. The second-order valence-electron chi connectivity index (χ2n) is 9.64. The Morgan fingerprint density at radius 2 is 1.43 bits per heavy atom. The molecule has 1 atom stereocenters. The minimum Gasteiger partial charge on any atom is -0.507 e. The van der Waals surface area contributed by atoms with E-state index in [-0.39, 0.29) is 11.3 Å². The molecule has 1 unspecified atom stereocenters. The monoisotopic (exact) mass is 497 g/mol. The molecular weight excluding hydrogens is 462 g/mol. The van der Waals surface area contributed by atoms with E-state index in [1.54, 1.807) is 6.07 Å². The summed E-state index contributed by atoms with van der Waals surface area (Å²) in [6.07, 6.45) is 0. The lowest BCUT2D eigenvalue weighted by Crippen LogP contribution is -2.29. The first kappa shape index (κ1) is 26.0. The molecule has 3 aromatic carbocycles. The second-order valence-corrected chi connectivity index (χ2v) is 9.64. The third-order valence-electron chi connectivity index (χ3n) is 7.21. The molecule has 37 heavy (non-hydrogen) atoms. The lowest BCUT2D eigenvalue weighted by atomic mass is 9.94. The third-order valence-corrected chi connectivity index (χ3v) is 7.21. The number of Topliss-reactive ketones (excluding diaryl/α,β-unsaturated/α-hetero) is 1. The van der Waals surface area contributed by atoms with Gasteiger partial charge in [0.25, 0.3) is 11.7 Å². The van der Waals surface area contributed by atoms with Crippen molar-refractivity contribution in [2.75, 3.05) is 41.9 Å². The first-order chi connectivity index (χ1) is 17.7. The summed E-state index contributed by atoms with van der Waals surface area (Å²) in [7, 11) is 3.91. The van der Waals surface area contributed by atoms with Crippen LogP contribution in [0.2, 0.25) is 0 Å². The SMILES string of the molecule is CCN(CC)c1ccc(N2C(=O)C(=O)/C(=C(\O)c3ccc(C)c(C)c3)C2c2ccc(N(C)C)cc2)cc1. The van der Waals surface area contributed by atoms with Gasteiger partial charge in [0, 0.05) is 49.8 Å². The molecule has 6 heteroatoms. The van der Waals surface area contributed by atoms with Crippen LogP contribution in [0, 0.1) is 13.8 Å². The number of aryl methyl sites for hydroxylation is 2. The zero-order valence-electron chi connectivity index (χ0n) is 22.4. The van der Waals surface area contributed by atoms with Gasteiger partial charge in [-0.3, -0.25) is 14.5 Å². The normalized spacial score (nSPS) is 16.8. The topological polar surface area (TPSA) is 64.1 Å². The van der Waals surface area contributed by atoms with Crippen LogP contribution in [0.15, 0.2) is 72.3 Å². The van der Waals surface area contributed by atoms with Crippen LogP contribution >= 0.6 is 0 Å². The van der Waals surface area contributed by atoms with Crippen molar-refractivity contribution in [1.82, 2.24) is 0 Å². The molecule has 0 radical (unpaired) electrons. The van der Waals surface area contributed by atoms with E-state index in [1.165, 1.54) is 4.90 Å². The molecule has 0 aromatic heterocycles. The maximum absolute atomic E-state index is 13.5. The quantitative estimate of drug-likeness (QED) is 0.252. The molecule has 0 saturated carbocycles. The zero-order chi connectivity index (χ0) is 26.9. The summed E-state index contributed by atoms with van der Waals surface area (Å²) in [5.41, 5.74) is 6.11. The van der Waals surface area contributed by atoms with Crippen LogP contribution in [0.3, 0.4) is 0 Å². The second kappa shape index (κ2) is 10.5. The number of benzene rings is 3. The number of nitrogens with zero attached hydrogens (tertiary/aromatic N) is 3. The molecule has 1 saturated heterocycles. The summed E-state index contributed by atoms with van der Waals surface area (Å²) in [6.45, 7) is 9.88. The number of ketones is 1. The molecule has 0 aliphatic carbocycles. The zero-order valence-corrected chi connectivity index (χ0v) is 22.4. The van der Waals surface area contributed by atoms with Crippen LogP contribution in [0.5, 0.6) is 0 Å². The van der Waals surface area contributed by atoms with E-state index < -0.39 is 17.7 Å². The van der Waals surface area contributed by atoms with Gasteiger partial charge < -0.3 is 14.9 Å². The maximum atomic E-state index is 13.5. The molecule has 4 rings (SSSR count). The van der Waals surface area contributed by atoms with Gasteiger partial charge in [0.15, 0.2) is 0 Å². The highest BCUT2D eigenvalue weighted by Crippen LogP contribution is 2.43. The van der Waals surface area contributed by atoms with Crippen LogP contribution in [0.4, 0.5) is 17.1 Å². The maximum Gasteiger partial charge on any atom is 0.300 e. The minimum absolute atomic E-state index is 0.0960. The van der Waals surface area contributed by atoms with Crippen LogP contribution in [-0.2, 0) is 9.59 Å². The van der Waals surface area contributed by atoms with E-state index >= 15 is 0 Å². The van der Waals surface area contributed by atoms with Crippen molar-refractivity contribution in [3.63, 3.8) is 0 Å². The largest absolute Gasteiger partial charge is 0.507 e. The molecule has 1 heterocycles. The number of hydrogen-bond acceptors (Lipinski definition) is 5. The molecule has 3 aromatic rings. The van der Waals surface area contributed by atoms with Crippen molar-refractivity contribution in [2.45, 2.75) is 33.7 Å². The number of hydrogen-bond donors (Lipinski definition) is 1. The van der Waals surface area contributed by atoms with E-state index in [9.17, 15) is 14.7 Å². The van der Waals surface area contributed by atoms with Crippen molar-refractivity contribution < 1.29 is 14.7 Å². The summed E-state index contributed by atoms with van der Waals surface area (Å²) in [5.74, 6) is -1.50.